The van der Waals surface area contributed by atoms with Crippen LogP contribution in [0.2, 0.25) is 0 Å². The number of nitrogens with one attached hydrogen (secondary N) is 1. The highest BCUT2D eigenvalue weighted by Gasteiger charge is 2.25. The van der Waals surface area contributed by atoms with Gasteiger partial charge in [0.1, 0.15) is 11.6 Å². The molecule has 5 nitrogen and oxygen atoms in total. The maximum atomic E-state index is 14.2. The number of sulfonamides is 1. The fourth-order valence-corrected chi connectivity index (χ4v) is 4.63. The van der Waals surface area contributed by atoms with Crippen LogP contribution in [-0.2, 0) is 10.0 Å². The number of hydrogen-bond acceptors (Lipinski definition) is 3. The van der Waals surface area contributed by atoms with E-state index in [1.54, 1.807) is 6.92 Å². The molecule has 0 atom stereocenters. The van der Waals surface area contributed by atoms with Gasteiger partial charge in [0.05, 0.1) is 16.1 Å². The molecule has 29 heavy (non-hydrogen) atoms. The topological polar surface area (TPSA) is 66.5 Å². The van der Waals surface area contributed by atoms with Gasteiger partial charge in [0.25, 0.3) is 5.91 Å². The molecule has 0 bridgehead atoms. The van der Waals surface area contributed by atoms with Crippen LogP contribution in [0.25, 0.3) is 0 Å². The fourth-order valence-electron chi connectivity index (χ4n) is 2.61. The molecule has 1 amide bonds. The van der Waals surface area contributed by atoms with Crippen LogP contribution in [0.5, 0.6) is 0 Å². The quantitative estimate of drug-likeness (QED) is 0.567. The minimum absolute atomic E-state index is 0.0794. The normalized spacial score (nSPS) is 11.7. The van der Waals surface area contributed by atoms with Crippen molar-refractivity contribution >= 4 is 37.5 Å². The van der Waals surface area contributed by atoms with Crippen molar-refractivity contribution in [1.82, 2.24) is 4.31 Å². The Balaban J connectivity index is 2.39. The fraction of sp³-hybridized carbons (Fsp3) is 0.316. The third-order valence-corrected chi connectivity index (χ3v) is 6.78. The molecule has 0 fully saturated rings. The number of halogens is 4. The molecule has 0 aliphatic heterocycles. The standard InChI is InChI=1S/C19H20BrF3N2O3S/c1-3-5-8-25(4-2)29(27,28)13-6-7-16(22)14(11-13)19(26)24-18-15(20)9-12(21)10-17(18)23/h6-7,9-11H,3-5,8H2,1-2H3,(H,24,26). The van der Waals surface area contributed by atoms with Crippen molar-refractivity contribution in [2.75, 3.05) is 18.4 Å². The van der Waals surface area contributed by atoms with Gasteiger partial charge in [0, 0.05) is 23.6 Å². The molecule has 0 aromatic heterocycles. The van der Waals surface area contributed by atoms with Crippen molar-refractivity contribution in [3.8, 4) is 0 Å². The molecular weight excluding hydrogens is 473 g/mol. The van der Waals surface area contributed by atoms with Gasteiger partial charge in [0.15, 0.2) is 5.82 Å². The Bertz CT molecular complexity index is 993. The van der Waals surface area contributed by atoms with Gasteiger partial charge in [-0.25, -0.2) is 21.6 Å². The Morgan fingerprint density at radius 1 is 1.10 bits per heavy atom. The second-order valence-electron chi connectivity index (χ2n) is 6.19. The molecule has 0 saturated carbocycles. The lowest BCUT2D eigenvalue weighted by Gasteiger charge is -2.20. The molecule has 0 heterocycles. The zero-order valence-electron chi connectivity index (χ0n) is 15.8. The van der Waals surface area contributed by atoms with E-state index in [-0.39, 0.29) is 21.6 Å². The first kappa shape index (κ1) is 23.4. The van der Waals surface area contributed by atoms with Gasteiger partial charge in [0.2, 0.25) is 10.0 Å². The minimum Gasteiger partial charge on any atom is -0.318 e. The summed E-state index contributed by atoms with van der Waals surface area (Å²) in [6.45, 7) is 4.11. The predicted octanol–water partition coefficient (Wildman–Crippen LogP) is 4.93. The first-order chi connectivity index (χ1) is 13.6. The molecule has 1 N–H and O–H groups in total. The van der Waals surface area contributed by atoms with Crippen molar-refractivity contribution in [2.45, 2.75) is 31.6 Å². The minimum atomic E-state index is -3.94. The summed E-state index contributed by atoms with van der Waals surface area (Å²) >= 11 is 2.93. The lowest BCUT2D eigenvalue weighted by Crippen LogP contribution is -2.32. The maximum Gasteiger partial charge on any atom is 0.258 e. The summed E-state index contributed by atoms with van der Waals surface area (Å²) in [6, 6.07) is 4.34. The predicted molar refractivity (Wildman–Crippen MR) is 108 cm³/mol. The molecule has 158 valence electrons. The molecule has 0 aliphatic rings. The zero-order chi connectivity index (χ0) is 21.8. The maximum absolute atomic E-state index is 14.2. The molecule has 0 radical (unpaired) electrons. The van der Waals surface area contributed by atoms with Crippen LogP contribution in [0, 0.1) is 17.5 Å². The molecule has 0 saturated heterocycles. The van der Waals surface area contributed by atoms with Gasteiger partial charge in [-0.3, -0.25) is 4.79 Å². The molecule has 0 aliphatic carbocycles. The number of anilines is 1. The van der Waals surface area contributed by atoms with Crippen LogP contribution in [0.3, 0.4) is 0 Å². The molecule has 10 heteroatoms. The summed E-state index contributed by atoms with van der Waals surface area (Å²) in [6.07, 6.45) is 1.45. The van der Waals surface area contributed by atoms with Crippen LogP contribution in [0.1, 0.15) is 37.0 Å². The molecular formula is C19H20BrF3N2O3S. The number of benzene rings is 2. The van der Waals surface area contributed by atoms with Gasteiger partial charge in [-0.2, -0.15) is 4.31 Å². The second-order valence-corrected chi connectivity index (χ2v) is 8.98. The monoisotopic (exact) mass is 492 g/mol. The van der Waals surface area contributed by atoms with E-state index in [0.29, 0.717) is 19.0 Å². The van der Waals surface area contributed by atoms with E-state index in [1.807, 2.05) is 6.92 Å². The van der Waals surface area contributed by atoms with Gasteiger partial charge >= 0.3 is 0 Å². The van der Waals surface area contributed by atoms with Crippen LogP contribution >= 0.6 is 15.9 Å². The van der Waals surface area contributed by atoms with E-state index in [1.165, 1.54) is 4.31 Å². The van der Waals surface area contributed by atoms with Gasteiger partial charge in [-0.15, -0.1) is 0 Å². The Morgan fingerprint density at radius 2 is 1.79 bits per heavy atom. The summed E-state index contributed by atoms with van der Waals surface area (Å²) in [5.74, 6) is -3.97. The number of unbranched alkanes of at least 4 members (excludes halogenated alkanes) is 1. The van der Waals surface area contributed by atoms with E-state index in [2.05, 4.69) is 21.2 Å². The van der Waals surface area contributed by atoms with Gasteiger partial charge in [-0.1, -0.05) is 20.3 Å². The summed E-state index contributed by atoms with van der Waals surface area (Å²) in [5.41, 5.74) is -0.963. The Morgan fingerprint density at radius 3 is 2.38 bits per heavy atom. The summed E-state index contributed by atoms with van der Waals surface area (Å²) in [4.78, 5) is 12.2. The number of hydrogen-bond donors (Lipinski definition) is 1. The molecule has 0 unspecified atom stereocenters. The van der Waals surface area contributed by atoms with Crippen molar-refractivity contribution in [1.29, 1.82) is 0 Å². The number of rotatable bonds is 8. The van der Waals surface area contributed by atoms with E-state index in [4.69, 9.17) is 0 Å². The molecule has 2 aromatic rings. The molecule has 0 spiro atoms. The molecule has 2 aromatic carbocycles. The van der Waals surface area contributed by atoms with Crippen LogP contribution in [0.15, 0.2) is 39.7 Å². The number of nitrogens with zero attached hydrogens (tertiary/aromatic N) is 1. The smallest absolute Gasteiger partial charge is 0.258 e. The van der Waals surface area contributed by atoms with Crippen molar-refractivity contribution in [2.24, 2.45) is 0 Å². The first-order valence-electron chi connectivity index (χ1n) is 8.87. The van der Waals surface area contributed by atoms with E-state index < -0.39 is 38.9 Å². The SMILES string of the molecule is CCCCN(CC)S(=O)(=O)c1ccc(F)c(C(=O)Nc2c(F)cc(F)cc2Br)c1. The number of amides is 1. The highest BCUT2D eigenvalue weighted by molar-refractivity contribution is 9.10. The lowest BCUT2D eigenvalue weighted by molar-refractivity contribution is 0.102. The van der Waals surface area contributed by atoms with Crippen molar-refractivity contribution in [3.63, 3.8) is 0 Å². The third-order valence-electron chi connectivity index (χ3n) is 4.18. The van der Waals surface area contributed by atoms with Gasteiger partial charge < -0.3 is 5.32 Å². The van der Waals surface area contributed by atoms with E-state index >= 15 is 0 Å². The van der Waals surface area contributed by atoms with E-state index in [9.17, 15) is 26.4 Å². The largest absolute Gasteiger partial charge is 0.318 e. The Labute approximate surface area is 176 Å². The Kier molecular flexibility index (Phi) is 7.84. The second kappa shape index (κ2) is 9.73. The van der Waals surface area contributed by atoms with Crippen molar-refractivity contribution < 1.29 is 26.4 Å². The lowest BCUT2D eigenvalue weighted by atomic mass is 10.2. The van der Waals surface area contributed by atoms with Crippen LogP contribution in [-0.4, -0.2) is 31.7 Å². The highest BCUT2D eigenvalue weighted by atomic mass is 79.9. The Hall–Kier alpha value is -1.91. The summed E-state index contributed by atoms with van der Waals surface area (Å²) < 4.78 is 68.2. The molecule has 2 rings (SSSR count). The third kappa shape index (κ3) is 5.37. The van der Waals surface area contributed by atoms with E-state index in [0.717, 1.165) is 30.7 Å². The average Bonchev–Trinajstić information content (AvgIpc) is 2.65. The first-order valence-corrected chi connectivity index (χ1v) is 11.1. The highest BCUT2D eigenvalue weighted by Crippen LogP contribution is 2.28. The van der Waals surface area contributed by atoms with Crippen LogP contribution < -0.4 is 5.32 Å². The summed E-state index contributed by atoms with van der Waals surface area (Å²) in [5, 5.41) is 2.14. The summed E-state index contributed by atoms with van der Waals surface area (Å²) in [7, 11) is -3.94. The van der Waals surface area contributed by atoms with Crippen molar-refractivity contribution in [3.05, 3.63) is 57.8 Å². The number of carbonyl (C=O) groups is 1. The van der Waals surface area contributed by atoms with Gasteiger partial charge in [-0.05, 0) is 46.6 Å². The average molecular weight is 493 g/mol. The number of carbonyl (C=O) groups excluding carboxylic acids is 1. The van der Waals surface area contributed by atoms with Crippen LogP contribution in [0.4, 0.5) is 18.9 Å². The zero-order valence-corrected chi connectivity index (χ0v) is 18.2.